The zero-order valence-electron chi connectivity index (χ0n) is 15.7. The second kappa shape index (κ2) is 8.65. The molecule has 2 aliphatic rings. The van der Waals surface area contributed by atoms with E-state index in [2.05, 4.69) is 4.99 Å². The van der Waals surface area contributed by atoms with E-state index in [1.54, 1.807) is 36.6 Å². The van der Waals surface area contributed by atoms with Crippen LogP contribution in [-0.2, 0) is 16.1 Å². The Morgan fingerprint density at radius 3 is 2.66 bits per heavy atom. The molecule has 0 aliphatic carbocycles. The van der Waals surface area contributed by atoms with Crippen LogP contribution in [0.4, 0.5) is 4.39 Å². The van der Waals surface area contributed by atoms with Gasteiger partial charge in [0.1, 0.15) is 17.3 Å². The third kappa shape index (κ3) is 4.59. The number of likely N-dealkylation sites (tertiary alicyclic amines) is 1. The van der Waals surface area contributed by atoms with Crippen molar-refractivity contribution in [2.24, 2.45) is 4.99 Å². The number of carbonyl (C=O) groups is 2. The minimum atomic E-state index is -0.343. The van der Waals surface area contributed by atoms with Gasteiger partial charge in [-0.2, -0.15) is 0 Å². The van der Waals surface area contributed by atoms with E-state index in [4.69, 9.17) is 4.42 Å². The van der Waals surface area contributed by atoms with E-state index < -0.39 is 0 Å². The summed E-state index contributed by atoms with van der Waals surface area (Å²) >= 11 is 1.25. The summed E-state index contributed by atoms with van der Waals surface area (Å²) in [5.74, 6) is 0.286. The van der Waals surface area contributed by atoms with Crippen LogP contribution in [0, 0.1) is 5.82 Å². The minimum Gasteiger partial charge on any atom is -0.467 e. The van der Waals surface area contributed by atoms with Gasteiger partial charge in [-0.05, 0) is 48.7 Å². The van der Waals surface area contributed by atoms with E-state index in [0.29, 0.717) is 16.5 Å². The van der Waals surface area contributed by atoms with Crippen LogP contribution in [-0.4, -0.2) is 45.6 Å². The normalized spacial score (nSPS) is 18.0. The maximum atomic E-state index is 13.1. The lowest BCUT2D eigenvalue weighted by Gasteiger charge is -2.18. The predicted molar refractivity (Wildman–Crippen MR) is 109 cm³/mol. The van der Waals surface area contributed by atoms with E-state index in [0.717, 1.165) is 25.9 Å². The highest BCUT2D eigenvalue weighted by Crippen LogP contribution is 2.26. The quantitative estimate of drug-likeness (QED) is 0.704. The molecule has 2 aliphatic heterocycles. The number of carbonyl (C=O) groups excluding carboxylic acids is 2. The van der Waals surface area contributed by atoms with Gasteiger partial charge in [-0.3, -0.25) is 14.5 Å². The van der Waals surface area contributed by atoms with Gasteiger partial charge in [0.25, 0.3) is 5.91 Å². The third-order valence-electron chi connectivity index (χ3n) is 4.76. The van der Waals surface area contributed by atoms with Gasteiger partial charge >= 0.3 is 0 Å². The lowest BCUT2D eigenvalue weighted by atomic mass is 10.2. The van der Waals surface area contributed by atoms with Crippen molar-refractivity contribution in [3.63, 3.8) is 0 Å². The van der Waals surface area contributed by atoms with Gasteiger partial charge in [-0.1, -0.05) is 23.9 Å². The Kier molecular flexibility index (Phi) is 5.80. The van der Waals surface area contributed by atoms with Gasteiger partial charge in [-0.15, -0.1) is 0 Å². The van der Waals surface area contributed by atoms with Crippen LogP contribution in [0.15, 0.2) is 57.8 Å². The molecule has 1 aromatic heterocycles. The first-order chi connectivity index (χ1) is 14.1. The topological polar surface area (TPSA) is 66.1 Å². The molecule has 6 nitrogen and oxygen atoms in total. The molecular formula is C21H20FN3O3S. The number of amidine groups is 1. The maximum Gasteiger partial charge on any atom is 0.278 e. The molecular weight excluding hydrogens is 393 g/mol. The van der Waals surface area contributed by atoms with Gasteiger partial charge in [0.05, 0.1) is 18.6 Å². The summed E-state index contributed by atoms with van der Waals surface area (Å²) in [6.07, 6.45) is 5.23. The van der Waals surface area contributed by atoms with E-state index >= 15 is 0 Å². The molecule has 1 aromatic carbocycles. The summed E-state index contributed by atoms with van der Waals surface area (Å²) in [6, 6.07) is 9.38. The lowest BCUT2D eigenvalue weighted by molar-refractivity contribution is -0.127. The van der Waals surface area contributed by atoms with Crippen molar-refractivity contribution in [1.82, 2.24) is 9.80 Å². The highest BCUT2D eigenvalue weighted by Gasteiger charge is 2.32. The molecule has 29 heavy (non-hydrogen) atoms. The SMILES string of the molecule is O=C(CSC1=N/C(=C/c2ccc(F)cc2)C(=O)N1Cc1ccco1)N1CCCC1. The van der Waals surface area contributed by atoms with Crippen molar-refractivity contribution in [3.8, 4) is 0 Å². The maximum absolute atomic E-state index is 13.1. The smallest absolute Gasteiger partial charge is 0.278 e. The molecule has 0 bridgehead atoms. The Bertz CT molecular complexity index is 948. The molecule has 0 N–H and O–H groups in total. The molecule has 150 valence electrons. The number of halogens is 1. The van der Waals surface area contributed by atoms with Crippen LogP contribution in [0.2, 0.25) is 0 Å². The van der Waals surface area contributed by atoms with Crippen molar-refractivity contribution >= 4 is 34.8 Å². The molecule has 0 unspecified atom stereocenters. The average molecular weight is 413 g/mol. The second-order valence-corrected chi connectivity index (χ2v) is 7.77. The summed E-state index contributed by atoms with van der Waals surface area (Å²) in [6.45, 7) is 1.81. The van der Waals surface area contributed by atoms with E-state index in [9.17, 15) is 14.0 Å². The molecule has 2 amide bonds. The minimum absolute atomic E-state index is 0.0524. The Morgan fingerprint density at radius 1 is 1.21 bits per heavy atom. The van der Waals surface area contributed by atoms with Gasteiger partial charge < -0.3 is 9.32 Å². The van der Waals surface area contributed by atoms with Crippen molar-refractivity contribution in [3.05, 3.63) is 65.5 Å². The molecule has 1 fully saturated rings. The number of benzene rings is 1. The fourth-order valence-corrected chi connectivity index (χ4v) is 4.14. The van der Waals surface area contributed by atoms with E-state index in [-0.39, 0.29) is 35.6 Å². The number of hydrogen-bond acceptors (Lipinski definition) is 5. The van der Waals surface area contributed by atoms with Crippen molar-refractivity contribution < 1.29 is 18.4 Å². The first kappa shape index (κ1) is 19.4. The number of nitrogens with zero attached hydrogens (tertiary/aromatic N) is 3. The highest BCUT2D eigenvalue weighted by molar-refractivity contribution is 8.14. The number of furan rings is 1. The Morgan fingerprint density at radius 2 is 1.97 bits per heavy atom. The Labute approximate surface area is 172 Å². The van der Waals surface area contributed by atoms with Crippen molar-refractivity contribution in [2.75, 3.05) is 18.8 Å². The number of aliphatic imine (C=N–C) groups is 1. The average Bonchev–Trinajstić information content (AvgIpc) is 3.47. The van der Waals surface area contributed by atoms with E-state index in [1.807, 2.05) is 4.90 Å². The van der Waals surface area contributed by atoms with Gasteiger partial charge in [0.15, 0.2) is 5.17 Å². The summed E-state index contributed by atoms with van der Waals surface area (Å²) in [5.41, 5.74) is 0.926. The fraction of sp³-hybridized carbons (Fsp3) is 0.286. The van der Waals surface area contributed by atoms with Crippen LogP contribution >= 0.6 is 11.8 Å². The van der Waals surface area contributed by atoms with E-state index in [1.165, 1.54) is 28.8 Å². The first-order valence-corrected chi connectivity index (χ1v) is 10.4. The third-order valence-corrected chi connectivity index (χ3v) is 5.72. The van der Waals surface area contributed by atoms with Crippen LogP contribution < -0.4 is 0 Å². The monoisotopic (exact) mass is 413 g/mol. The molecule has 0 spiro atoms. The summed E-state index contributed by atoms with van der Waals surface area (Å²) < 4.78 is 18.5. The van der Waals surface area contributed by atoms with Crippen molar-refractivity contribution in [1.29, 1.82) is 0 Å². The molecule has 0 atom stereocenters. The van der Waals surface area contributed by atoms with Gasteiger partial charge in [0.2, 0.25) is 5.91 Å². The Balaban J connectivity index is 1.53. The van der Waals surface area contributed by atoms with Crippen LogP contribution in [0.1, 0.15) is 24.2 Å². The number of hydrogen-bond donors (Lipinski definition) is 0. The molecule has 1 saturated heterocycles. The zero-order valence-corrected chi connectivity index (χ0v) is 16.5. The van der Waals surface area contributed by atoms with Gasteiger partial charge in [-0.25, -0.2) is 9.38 Å². The molecule has 0 saturated carbocycles. The van der Waals surface area contributed by atoms with Gasteiger partial charge in [0, 0.05) is 13.1 Å². The first-order valence-electron chi connectivity index (χ1n) is 9.41. The summed E-state index contributed by atoms with van der Waals surface area (Å²) in [5, 5.41) is 0.465. The number of rotatable bonds is 5. The molecule has 8 heteroatoms. The zero-order chi connectivity index (χ0) is 20.2. The Hall–Kier alpha value is -2.87. The molecule has 4 rings (SSSR count). The fourth-order valence-electron chi connectivity index (χ4n) is 3.24. The van der Waals surface area contributed by atoms with Crippen molar-refractivity contribution in [2.45, 2.75) is 19.4 Å². The highest BCUT2D eigenvalue weighted by atomic mass is 32.2. The molecule has 3 heterocycles. The van der Waals surface area contributed by atoms with Crippen LogP contribution in [0.5, 0.6) is 0 Å². The largest absolute Gasteiger partial charge is 0.467 e. The summed E-state index contributed by atoms with van der Waals surface area (Å²) in [4.78, 5) is 33.1. The molecule has 0 radical (unpaired) electrons. The second-order valence-electron chi connectivity index (χ2n) is 6.82. The standard InChI is InChI=1S/C21H20FN3O3S/c22-16-7-5-15(6-8-16)12-18-20(27)25(13-17-4-3-11-28-17)21(23-18)29-14-19(26)24-9-1-2-10-24/h3-8,11-12H,1-2,9-10,13-14H2/b18-12+. The van der Waals surface area contributed by atoms with Crippen LogP contribution in [0.3, 0.4) is 0 Å². The summed E-state index contributed by atoms with van der Waals surface area (Å²) in [7, 11) is 0. The lowest BCUT2D eigenvalue weighted by Crippen LogP contribution is -2.33. The molecule has 2 aromatic rings. The number of thioether (sulfide) groups is 1. The van der Waals surface area contributed by atoms with Crippen LogP contribution in [0.25, 0.3) is 6.08 Å². The predicted octanol–water partition coefficient (Wildman–Crippen LogP) is 3.51. The number of amides is 2.